The minimum Gasteiger partial charge on any atom is -0.444 e. The number of ether oxygens (including phenoxy) is 1. The van der Waals surface area contributed by atoms with Crippen LogP contribution in [0, 0.1) is 6.92 Å². The summed E-state index contributed by atoms with van der Waals surface area (Å²) in [4.78, 5) is 25.3. The summed E-state index contributed by atoms with van der Waals surface area (Å²) in [5, 5.41) is 10.4. The maximum Gasteiger partial charge on any atom is 0.407 e. The van der Waals surface area contributed by atoms with Gasteiger partial charge in [0.15, 0.2) is 5.69 Å². The summed E-state index contributed by atoms with van der Waals surface area (Å²) in [6.07, 6.45) is 2.79. The lowest BCUT2D eigenvalue weighted by Gasteiger charge is -2.26. The topological polar surface area (TPSA) is 88.5 Å². The summed E-state index contributed by atoms with van der Waals surface area (Å²) in [5.41, 5.74) is 6.60. The van der Waals surface area contributed by atoms with Crippen LogP contribution >= 0.6 is 23.2 Å². The molecular formula is C28H33Cl2N5O3. The van der Waals surface area contributed by atoms with E-state index in [-0.39, 0.29) is 5.91 Å². The third-order valence-corrected chi connectivity index (χ3v) is 6.69. The first kappa shape index (κ1) is 28.0. The molecule has 8 nitrogen and oxygen atoms in total. The number of carbonyl (C=O) groups is 2. The second kappa shape index (κ2) is 11.8. The van der Waals surface area contributed by atoms with Gasteiger partial charge in [0.05, 0.1) is 16.4 Å². The van der Waals surface area contributed by atoms with Crippen molar-refractivity contribution in [3.8, 4) is 16.9 Å². The molecule has 0 bridgehead atoms. The number of alkyl carbamates (subject to hydrolysis) is 1. The Balaban J connectivity index is 1.64. The van der Waals surface area contributed by atoms with E-state index in [4.69, 9.17) is 33.0 Å². The Labute approximate surface area is 233 Å². The third-order valence-electron chi connectivity index (χ3n) is 6.15. The van der Waals surface area contributed by atoms with Gasteiger partial charge in [0, 0.05) is 35.8 Å². The smallest absolute Gasteiger partial charge is 0.407 e. The number of hydrogen-bond donors (Lipinski definition) is 2. The Morgan fingerprint density at radius 1 is 1.03 bits per heavy atom. The van der Waals surface area contributed by atoms with Gasteiger partial charge < -0.3 is 10.1 Å². The van der Waals surface area contributed by atoms with Crippen LogP contribution in [0.1, 0.15) is 61.6 Å². The molecule has 1 aliphatic rings. The zero-order chi connectivity index (χ0) is 27.4. The van der Waals surface area contributed by atoms with Crippen molar-refractivity contribution in [2.24, 2.45) is 0 Å². The molecule has 1 aliphatic heterocycles. The zero-order valence-corrected chi connectivity index (χ0v) is 23.6. The van der Waals surface area contributed by atoms with Crippen molar-refractivity contribution in [2.45, 2.75) is 59.1 Å². The SMILES string of the molecule is Cc1c(C(=O)NN2CCCCC2)nn(-c2ccc(Cl)cc2Cl)c1-c1ccc(CNC(=O)OC(C)(C)C)cc1. The van der Waals surface area contributed by atoms with Crippen molar-refractivity contribution in [1.29, 1.82) is 0 Å². The number of hydrazine groups is 1. The highest BCUT2D eigenvalue weighted by atomic mass is 35.5. The summed E-state index contributed by atoms with van der Waals surface area (Å²) in [7, 11) is 0. The fourth-order valence-corrected chi connectivity index (χ4v) is 4.84. The molecule has 0 unspecified atom stereocenters. The number of nitrogens with zero attached hydrogens (tertiary/aromatic N) is 3. The zero-order valence-electron chi connectivity index (χ0n) is 22.1. The molecule has 3 aromatic rings. The number of benzene rings is 2. The van der Waals surface area contributed by atoms with Crippen LogP contribution in [-0.2, 0) is 11.3 Å². The van der Waals surface area contributed by atoms with Crippen LogP contribution in [0.4, 0.5) is 4.79 Å². The molecule has 0 spiro atoms. The average molecular weight is 559 g/mol. The molecule has 1 saturated heterocycles. The molecule has 2 aromatic carbocycles. The molecule has 0 saturated carbocycles. The van der Waals surface area contributed by atoms with E-state index in [2.05, 4.69) is 10.7 Å². The van der Waals surface area contributed by atoms with Gasteiger partial charge in [-0.05, 0) is 64.3 Å². The summed E-state index contributed by atoms with van der Waals surface area (Å²) in [6, 6.07) is 12.9. The van der Waals surface area contributed by atoms with E-state index < -0.39 is 11.7 Å². The van der Waals surface area contributed by atoms with Gasteiger partial charge in [-0.1, -0.05) is 53.9 Å². The number of aromatic nitrogens is 2. The Morgan fingerprint density at radius 2 is 1.71 bits per heavy atom. The predicted molar refractivity (Wildman–Crippen MR) is 150 cm³/mol. The number of halogens is 2. The highest BCUT2D eigenvalue weighted by Crippen LogP contribution is 2.33. The highest BCUT2D eigenvalue weighted by Gasteiger charge is 2.25. The van der Waals surface area contributed by atoms with E-state index in [9.17, 15) is 9.59 Å². The van der Waals surface area contributed by atoms with Crippen molar-refractivity contribution in [2.75, 3.05) is 13.1 Å². The Morgan fingerprint density at radius 3 is 2.34 bits per heavy atom. The normalized spacial score (nSPS) is 14.3. The number of rotatable bonds is 6. The molecule has 0 radical (unpaired) electrons. The van der Waals surface area contributed by atoms with Crippen LogP contribution in [0.2, 0.25) is 10.0 Å². The van der Waals surface area contributed by atoms with Crippen LogP contribution in [0.15, 0.2) is 42.5 Å². The lowest BCUT2D eigenvalue weighted by Crippen LogP contribution is -2.45. The molecule has 1 fully saturated rings. The van der Waals surface area contributed by atoms with Crippen molar-refractivity contribution in [3.63, 3.8) is 0 Å². The van der Waals surface area contributed by atoms with E-state index in [0.29, 0.717) is 28.0 Å². The number of amides is 2. The molecule has 2 heterocycles. The van der Waals surface area contributed by atoms with Crippen LogP contribution in [0.3, 0.4) is 0 Å². The quantitative estimate of drug-likeness (QED) is 0.370. The molecule has 10 heteroatoms. The number of carbonyl (C=O) groups excluding carboxylic acids is 2. The predicted octanol–water partition coefficient (Wildman–Crippen LogP) is 6.31. The summed E-state index contributed by atoms with van der Waals surface area (Å²) in [5.74, 6) is -0.257. The van der Waals surface area contributed by atoms with E-state index >= 15 is 0 Å². The highest BCUT2D eigenvalue weighted by molar-refractivity contribution is 6.35. The van der Waals surface area contributed by atoms with Crippen molar-refractivity contribution >= 4 is 35.2 Å². The molecule has 2 amide bonds. The number of hydrogen-bond acceptors (Lipinski definition) is 5. The molecule has 202 valence electrons. The summed E-state index contributed by atoms with van der Waals surface area (Å²) < 4.78 is 6.99. The van der Waals surface area contributed by atoms with Gasteiger partial charge in [0.25, 0.3) is 5.91 Å². The Hall–Kier alpha value is -3.07. The standard InChI is InChI=1S/C28H33Cl2N5O3/c1-18-24(26(36)33-34-14-6-5-7-15-34)32-35(23-13-12-21(29)16-22(23)30)25(18)20-10-8-19(9-11-20)17-31-27(37)38-28(2,3)4/h8-13,16H,5-7,14-15,17H2,1-4H3,(H,31,37)(H,33,36). The van der Waals surface area contributed by atoms with Gasteiger partial charge in [-0.2, -0.15) is 5.10 Å². The average Bonchev–Trinajstić information content (AvgIpc) is 3.19. The molecule has 38 heavy (non-hydrogen) atoms. The minimum atomic E-state index is -0.565. The van der Waals surface area contributed by atoms with Gasteiger partial charge in [0.1, 0.15) is 5.60 Å². The van der Waals surface area contributed by atoms with Gasteiger partial charge >= 0.3 is 6.09 Å². The fourth-order valence-electron chi connectivity index (χ4n) is 4.35. The van der Waals surface area contributed by atoms with E-state index in [1.807, 2.05) is 57.0 Å². The molecule has 4 rings (SSSR count). The second-order valence-corrected chi connectivity index (χ2v) is 11.2. The maximum atomic E-state index is 13.3. The van der Waals surface area contributed by atoms with Gasteiger partial charge in [-0.25, -0.2) is 14.5 Å². The van der Waals surface area contributed by atoms with Gasteiger partial charge in [-0.3, -0.25) is 10.2 Å². The first-order valence-electron chi connectivity index (χ1n) is 12.7. The fraction of sp³-hybridized carbons (Fsp3) is 0.393. The van der Waals surface area contributed by atoms with Crippen molar-refractivity contribution < 1.29 is 14.3 Å². The van der Waals surface area contributed by atoms with Gasteiger partial charge in [0.2, 0.25) is 0 Å². The Bertz CT molecular complexity index is 1310. The van der Waals surface area contributed by atoms with E-state index in [1.54, 1.807) is 22.9 Å². The maximum absolute atomic E-state index is 13.3. The second-order valence-electron chi connectivity index (χ2n) is 10.4. The number of nitrogens with one attached hydrogen (secondary N) is 2. The van der Waals surface area contributed by atoms with Gasteiger partial charge in [-0.15, -0.1) is 0 Å². The molecule has 1 aromatic heterocycles. The van der Waals surface area contributed by atoms with Crippen LogP contribution in [-0.4, -0.2) is 45.5 Å². The molecule has 2 N–H and O–H groups in total. The lowest BCUT2D eigenvalue weighted by atomic mass is 10.0. The Kier molecular flexibility index (Phi) is 8.65. The van der Waals surface area contributed by atoms with Crippen molar-refractivity contribution in [1.82, 2.24) is 25.5 Å². The molecule has 0 aliphatic carbocycles. The van der Waals surface area contributed by atoms with E-state index in [1.165, 1.54) is 6.42 Å². The lowest BCUT2D eigenvalue weighted by molar-refractivity contribution is 0.0523. The van der Waals surface area contributed by atoms with Crippen molar-refractivity contribution in [3.05, 3.63) is 69.3 Å². The first-order valence-corrected chi connectivity index (χ1v) is 13.4. The van der Waals surface area contributed by atoms with E-state index in [0.717, 1.165) is 48.3 Å². The minimum absolute atomic E-state index is 0.257. The van der Waals surface area contributed by atoms with Crippen LogP contribution < -0.4 is 10.7 Å². The van der Waals surface area contributed by atoms with Crippen LogP contribution in [0.25, 0.3) is 16.9 Å². The largest absolute Gasteiger partial charge is 0.444 e. The van der Waals surface area contributed by atoms with Crippen LogP contribution in [0.5, 0.6) is 0 Å². The molecular weight excluding hydrogens is 525 g/mol. The number of piperidine rings is 1. The summed E-state index contributed by atoms with van der Waals surface area (Å²) in [6.45, 7) is 9.30. The first-order chi connectivity index (χ1) is 18.0. The third kappa shape index (κ3) is 6.87. The monoisotopic (exact) mass is 557 g/mol. The molecule has 0 atom stereocenters. The summed E-state index contributed by atoms with van der Waals surface area (Å²) >= 11 is 12.7.